The summed E-state index contributed by atoms with van der Waals surface area (Å²) in [6.45, 7) is 6.07. The lowest BCUT2D eigenvalue weighted by molar-refractivity contribution is -0.117. The lowest BCUT2D eigenvalue weighted by atomic mass is 10.1. The molecular formula is C21H24N2O2S. The average Bonchev–Trinajstić information content (AvgIpc) is 2.96. The van der Waals surface area contributed by atoms with Crippen LogP contribution in [0.4, 0.5) is 11.4 Å². The number of carbonyl (C=O) groups excluding carboxylic acids is 2. The van der Waals surface area contributed by atoms with Crippen LogP contribution < -0.4 is 10.2 Å². The number of aryl methyl sites for hydroxylation is 1. The third kappa shape index (κ3) is 4.28. The molecule has 1 N–H and O–H groups in total. The smallest absolute Gasteiger partial charge is 0.238 e. The molecule has 5 heteroatoms. The van der Waals surface area contributed by atoms with Crippen LogP contribution in [0.3, 0.4) is 0 Å². The molecule has 1 atom stereocenters. The fourth-order valence-corrected chi connectivity index (χ4v) is 4.25. The van der Waals surface area contributed by atoms with Crippen molar-refractivity contribution in [2.75, 3.05) is 16.0 Å². The maximum absolute atomic E-state index is 12.5. The molecule has 1 heterocycles. The molecule has 2 aromatic carbocycles. The molecule has 0 radical (unpaired) electrons. The van der Waals surface area contributed by atoms with Gasteiger partial charge < -0.3 is 5.32 Å². The van der Waals surface area contributed by atoms with Crippen molar-refractivity contribution in [3.63, 3.8) is 0 Å². The summed E-state index contributed by atoms with van der Waals surface area (Å²) in [6, 6.07) is 15.8. The van der Waals surface area contributed by atoms with Gasteiger partial charge in [0.1, 0.15) is 5.37 Å². The predicted molar refractivity (Wildman–Crippen MR) is 108 cm³/mol. The largest absolute Gasteiger partial charge is 0.326 e. The van der Waals surface area contributed by atoms with Gasteiger partial charge in [-0.3, -0.25) is 14.5 Å². The van der Waals surface area contributed by atoms with Crippen molar-refractivity contribution in [3.05, 3.63) is 59.7 Å². The first-order valence-corrected chi connectivity index (χ1v) is 9.89. The topological polar surface area (TPSA) is 49.4 Å². The van der Waals surface area contributed by atoms with Crippen LogP contribution in [0.15, 0.2) is 48.5 Å². The zero-order chi connectivity index (χ0) is 18.7. The van der Waals surface area contributed by atoms with Crippen molar-refractivity contribution in [2.45, 2.75) is 32.6 Å². The van der Waals surface area contributed by atoms with Gasteiger partial charge in [0.25, 0.3) is 0 Å². The van der Waals surface area contributed by atoms with Gasteiger partial charge in [0.15, 0.2) is 0 Å². The van der Waals surface area contributed by atoms with E-state index in [0.29, 0.717) is 18.1 Å². The summed E-state index contributed by atoms with van der Waals surface area (Å²) in [7, 11) is 0. The summed E-state index contributed by atoms with van der Waals surface area (Å²) >= 11 is 1.61. The molecule has 0 bridgehead atoms. The monoisotopic (exact) mass is 368 g/mol. The molecule has 2 aromatic rings. The van der Waals surface area contributed by atoms with Gasteiger partial charge in [0, 0.05) is 17.8 Å². The van der Waals surface area contributed by atoms with Gasteiger partial charge in [-0.2, -0.15) is 0 Å². The number of hydrogen-bond donors (Lipinski definition) is 1. The number of anilines is 2. The summed E-state index contributed by atoms with van der Waals surface area (Å²) in [5.74, 6) is 0.906. The van der Waals surface area contributed by atoms with E-state index in [-0.39, 0.29) is 17.2 Å². The summed E-state index contributed by atoms with van der Waals surface area (Å²) in [5, 5.41) is 2.88. The molecule has 1 fully saturated rings. The number of thioether (sulfide) groups is 1. The molecule has 3 rings (SSSR count). The molecule has 1 aliphatic heterocycles. The molecule has 0 saturated carbocycles. The van der Waals surface area contributed by atoms with Gasteiger partial charge >= 0.3 is 0 Å². The first-order chi connectivity index (χ1) is 12.4. The molecule has 26 heavy (non-hydrogen) atoms. The van der Waals surface area contributed by atoms with Gasteiger partial charge in [-0.1, -0.05) is 38.1 Å². The molecule has 2 amide bonds. The van der Waals surface area contributed by atoms with Crippen molar-refractivity contribution in [3.8, 4) is 0 Å². The molecule has 1 aliphatic rings. The number of amides is 2. The Bertz CT molecular complexity index is 819. The number of benzene rings is 2. The highest BCUT2D eigenvalue weighted by molar-refractivity contribution is 8.00. The number of carbonyl (C=O) groups is 2. The SMILES string of the molecule is Cc1cccc(N2C(=O)CSC2c2cccc(NC(=O)CC(C)C)c2)c1. The second kappa shape index (κ2) is 7.96. The molecule has 0 spiro atoms. The predicted octanol–water partition coefficient (Wildman–Crippen LogP) is 4.76. The first kappa shape index (κ1) is 18.5. The van der Waals surface area contributed by atoms with Crippen LogP contribution in [0.5, 0.6) is 0 Å². The van der Waals surface area contributed by atoms with Gasteiger partial charge in [-0.25, -0.2) is 0 Å². The molecule has 1 unspecified atom stereocenters. The minimum absolute atomic E-state index is 0.0165. The van der Waals surface area contributed by atoms with E-state index in [9.17, 15) is 9.59 Å². The second-order valence-electron chi connectivity index (χ2n) is 7.04. The first-order valence-electron chi connectivity index (χ1n) is 8.84. The fourth-order valence-electron chi connectivity index (χ4n) is 3.08. The Labute approximate surface area is 159 Å². The Morgan fingerprint density at radius 3 is 2.73 bits per heavy atom. The van der Waals surface area contributed by atoms with Crippen molar-refractivity contribution >= 4 is 35.0 Å². The van der Waals surface area contributed by atoms with Gasteiger partial charge in [-0.05, 0) is 48.2 Å². The van der Waals surface area contributed by atoms with Gasteiger partial charge in [0.2, 0.25) is 11.8 Å². The van der Waals surface area contributed by atoms with E-state index in [0.717, 1.165) is 22.5 Å². The number of hydrogen-bond acceptors (Lipinski definition) is 3. The summed E-state index contributed by atoms with van der Waals surface area (Å²) in [5.41, 5.74) is 3.84. The van der Waals surface area contributed by atoms with Crippen LogP contribution >= 0.6 is 11.8 Å². The summed E-state index contributed by atoms with van der Waals surface area (Å²) in [4.78, 5) is 26.4. The molecule has 0 aliphatic carbocycles. The highest BCUT2D eigenvalue weighted by Crippen LogP contribution is 2.42. The van der Waals surface area contributed by atoms with Crippen molar-refractivity contribution in [1.29, 1.82) is 0 Å². The molecule has 4 nitrogen and oxygen atoms in total. The van der Waals surface area contributed by atoms with Crippen molar-refractivity contribution < 1.29 is 9.59 Å². The van der Waals surface area contributed by atoms with Crippen molar-refractivity contribution in [2.24, 2.45) is 5.92 Å². The molecule has 136 valence electrons. The highest BCUT2D eigenvalue weighted by Gasteiger charge is 2.34. The van der Waals surface area contributed by atoms with Crippen LogP contribution in [-0.2, 0) is 9.59 Å². The van der Waals surface area contributed by atoms with Crippen LogP contribution in [0.2, 0.25) is 0 Å². The van der Waals surface area contributed by atoms with E-state index in [1.807, 2.05) is 74.2 Å². The Balaban J connectivity index is 1.84. The Kier molecular flexibility index (Phi) is 5.67. The Morgan fingerprint density at radius 2 is 2.00 bits per heavy atom. The van der Waals surface area contributed by atoms with Crippen LogP contribution in [0.1, 0.15) is 36.8 Å². The number of nitrogens with zero attached hydrogens (tertiary/aromatic N) is 1. The minimum atomic E-state index is -0.0775. The maximum Gasteiger partial charge on any atom is 0.238 e. The van der Waals surface area contributed by atoms with Crippen LogP contribution in [0.25, 0.3) is 0 Å². The highest BCUT2D eigenvalue weighted by atomic mass is 32.2. The van der Waals surface area contributed by atoms with E-state index in [1.54, 1.807) is 11.8 Å². The third-order valence-corrected chi connectivity index (χ3v) is 5.41. The number of nitrogens with one attached hydrogen (secondary N) is 1. The van der Waals surface area contributed by atoms with Crippen LogP contribution in [0, 0.1) is 12.8 Å². The lowest BCUT2D eigenvalue weighted by Gasteiger charge is -2.25. The molecular weight excluding hydrogens is 344 g/mol. The van der Waals surface area contributed by atoms with Gasteiger partial charge in [-0.15, -0.1) is 11.8 Å². The zero-order valence-electron chi connectivity index (χ0n) is 15.4. The quantitative estimate of drug-likeness (QED) is 0.828. The van der Waals surface area contributed by atoms with E-state index in [1.165, 1.54) is 0 Å². The van der Waals surface area contributed by atoms with E-state index in [2.05, 4.69) is 5.32 Å². The van der Waals surface area contributed by atoms with Gasteiger partial charge in [0.05, 0.1) is 5.75 Å². The summed E-state index contributed by atoms with van der Waals surface area (Å²) < 4.78 is 0. The standard InChI is InChI=1S/C21H24N2O2S/c1-14(2)10-19(24)22-17-8-5-7-16(12-17)21-23(20(25)13-26-21)18-9-4-6-15(3)11-18/h4-9,11-12,14,21H,10,13H2,1-3H3,(H,22,24). The van der Waals surface area contributed by atoms with E-state index >= 15 is 0 Å². The van der Waals surface area contributed by atoms with E-state index < -0.39 is 0 Å². The second-order valence-corrected chi connectivity index (χ2v) is 8.11. The van der Waals surface area contributed by atoms with Crippen molar-refractivity contribution in [1.82, 2.24) is 0 Å². The van der Waals surface area contributed by atoms with E-state index in [4.69, 9.17) is 0 Å². The zero-order valence-corrected chi connectivity index (χ0v) is 16.2. The maximum atomic E-state index is 12.5. The normalized spacial score (nSPS) is 17.0. The lowest BCUT2D eigenvalue weighted by Crippen LogP contribution is -2.27. The molecule has 1 saturated heterocycles. The van der Waals surface area contributed by atoms with Crippen LogP contribution in [-0.4, -0.2) is 17.6 Å². The molecule has 0 aromatic heterocycles. The third-order valence-electron chi connectivity index (χ3n) is 4.20. The minimum Gasteiger partial charge on any atom is -0.326 e. The number of rotatable bonds is 5. The Morgan fingerprint density at radius 1 is 1.23 bits per heavy atom. The average molecular weight is 369 g/mol. The fraction of sp³-hybridized carbons (Fsp3) is 0.333. The summed E-state index contributed by atoms with van der Waals surface area (Å²) in [6.07, 6.45) is 0.496. The Hall–Kier alpha value is -2.27.